The lowest BCUT2D eigenvalue weighted by atomic mass is 9.72. The molecule has 31 heavy (non-hydrogen) atoms. The Labute approximate surface area is 181 Å². The van der Waals surface area contributed by atoms with Crippen LogP contribution in [0.15, 0.2) is 72.9 Å². The molecule has 6 heteroatoms. The van der Waals surface area contributed by atoms with Crippen molar-refractivity contribution < 1.29 is 4.74 Å². The lowest BCUT2D eigenvalue weighted by Crippen LogP contribution is -2.26. The monoisotopic (exact) mass is 411 g/mol. The van der Waals surface area contributed by atoms with Crippen LogP contribution in [0.5, 0.6) is 5.75 Å². The summed E-state index contributed by atoms with van der Waals surface area (Å²) in [6, 6.07) is 23.0. The molecule has 4 aromatic rings. The number of benzene rings is 2. The molecule has 156 valence electrons. The summed E-state index contributed by atoms with van der Waals surface area (Å²) in [6.45, 7) is 2.82. The maximum absolute atomic E-state index is 5.92. The molecule has 2 heterocycles. The lowest BCUT2D eigenvalue weighted by Gasteiger charge is -2.31. The molecule has 1 aliphatic carbocycles. The van der Waals surface area contributed by atoms with Gasteiger partial charge < -0.3 is 4.74 Å². The van der Waals surface area contributed by atoms with E-state index in [2.05, 4.69) is 75.8 Å². The van der Waals surface area contributed by atoms with Crippen LogP contribution >= 0.6 is 0 Å². The fraction of sp³-hybridized carbons (Fsp3) is 0.280. The Morgan fingerprint density at radius 1 is 0.968 bits per heavy atom. The average molecular weight is 412 g/mol. The van der Waals surface area contributed by atoms with Gasteiger partial charge in [0.1, 0.15) is 12.4 Å². The van der Waals surface area contributed by atoms with Gasteiger partial charge in [-0.15, -0.1) is 10.2 Å². The molecule has 0 bridgehead atoms. The number of aryl methyl sites for hydroxylation is 1. The molecule has 0 spiro atoms. The molecule has 6 nitrogen and oxygen atoms in total. The number of tetrazole rings is 1. The van der Waals surface area contributed by atoms with Crippen LogP contribution in [0.1, 0.15) is 36.6 Å². The summed E-state index contributed by atoms with van der Waals surface area (Å²) in [5.74, 6) is 2.15. The van der Waals surface area contributed by atoms with Gasteiger partial charge in [0.2, 0.25) is 5.82 Å². The third kappa shape index (κ3) is 3.93. The Kier molecular flexibility index (Phi) is 4.98. The Balaban J connectivity index is 1.37. The van der Waals surface area contributed by atoms with Crippen molar-refractivity contribution in [3.8, 4) is 17.1 Å². The van der Waals surface area contributed by atoms with E-state index in [-0.39, 0.29) is 5.41 Å². The first-order valence-corrected chi connectivity index (χ1v) is 10.6. The number of ether oxygens (including phenoxy) is 1. The van der Waals surface area contributed by atoms with E-state index in [0.29, 0.717) is 18.3 Å². The van der Waals surface area contributed by atoms with Gasteiger partial charge in [0.05, 0.1) is 12.7 Å². The molecule has 1 fully saturated rings. The second-order valence-electron chi connectivity index (χ2n) is 8.29. The van der Waals surface area contributed by atoms with Crippen LogP contribution in [0.3, 0.4) is 0 Å². The predicted octanol–water partition coefficient (Wildman–Crippen LogP) is 4.57. The van der Waals surface area contributed by atoms with Crippen LogP contribution in [0.4, 0.5) is 0 Å². The van der Waals surface area contributed by atoms with Crippen molar-refractivity contribution in [3.05, 3.63) is 89.7 Å². The summed E-state index contributed by atoms with van der Waals surface area (Å²) in [6.07, 6.45) is 4.29. The zero-order valence-electron chi connectivity index (χ0n) is 17.8. The minimum atomic E-state index is -0.0339. The van der Waals surface area contributed by atoms with E-state index in [9.17, 15) is 0 Å². The molecule has 0 saturated heterocycles. The maximum Gasteiger partial charge on any atom is 0.204 e. The highest BCUT2D eigenvalue weighted by Gasteiger charge is 2.43. The van der Waals surface area contributed by atoms with Crippen LogP contribution in [-0.4, -0.2) is 25.2 Å². The summed E-state index contributed by atoms with van der Waals surface area (Å²) in [7, 11) is 1.78. The van der Waals surface area contributed by atoms with E-state index in [1.165, 1.54) is 28.8 Å². The number of nitrogens with zero attached hydrogens (tertiary/aromatic N) is 5. The molecule has 2 aromatic carbocycles. The van der Waals surface area contributed by atoms with Crippen LogP contribution in [0.2, 0.25) is 0 Å². The molecular formula is C25H25N5O. The van der Waals surface area contributed by atoms with Crippen LogP contribution in [0, 0.1) is 5.92 Å². The van der Waals surface area contributed by atoms with E-state index >= 15 is 0 Å². The van der Waals surface area contributed by atoms with Gasteiger partial charge in [-0.05, 0) is 59.4 Å². The first-order valence-electron chi connectivity index (χ1n) is 10.6. The first-order chi connectivity index (χ1) is 15.1. The quantitative estimate of drug-likeness (QED) is 0.446. The van der Waals surface area contributed by atoms with Crippen molar-refractivity contribution in [1.29, 1.82) is 0 Å². The highest BCUT2D eigenvalue weighted by atomic mass is 16.5. The number of rotatable bonds is 7. The number of hydrogen-bond acceptors (Lipinski definition) is 5. The van der Waals surface area contributed by atoms with E-state index in [1.807, 2.05) is 18.2 Å². The van der Waals surface area contributed by atoms with Crippen molar-refractivity contribution in [1.82, 2.24) is 25.2 Å². The number of aromatic nitrogens is 5. The highest BCUT2D eigenvalue weighted by Crippen LogP contribution is 2.51. The van der Waals surface area contributed by atoms with Crippen LogP contribution in [-0.2, 0) is 19.1 Å². The van der Waals surface area contributed by atoms with Gasteiger partial charge in [0.15, 0.2) is 0 Å². The van der Waals surface area contributed by atoms with Crippen molar-refractivity contribution >= 4 is 0 Å². The van der Waals surface area contributed by atoms with Gasteiger partial charge in [-0.2, -0.15) is 4.80 Å². The summed E-state index contributed by atoms with van der Waals surface area (Å²) in [5.41, 5.74) is 4.49. The van der Waals surface area contributed by atoms with E-state index in [4.69, 9.17) is 4.74 Å². The van der Waals surface area contributed by atoms with Crippen LogP contribution < -0.4 is 4.74 Å². The summed E-state index contributed by atoms with van der Waals surface area (Å²) in [4.78, 5) is 5.79. The topological polar surface area (TPSA) is 65.7 Å². The molecular weight excluding hydrogens is 386 g/mol. The molecule has 0 amide bonds. The van der Waals surface area contributed by atoms with Gasteiger partial charge in [0.25, 0.3) is 0 Å². The molecule has 0 aliphatic heterocycles. The second kappa shape index (κ2) is 7.95. The normalized spacial score (nSPS) is 15.4. The third-order valence-corrected chi connectivity index (χ3v) is 6.21. The Hall–Kier alpha value is -3.54. The molecule has 5 rings (SSSR count). The predicted molar refractivity (Wildman–Crippen MR) is 118 cm³/mol. The first kappa shape index (κ1) is 19.4. The molecule has 0 radical (unpaired) electrons. The molecule has 1 aliphatic rings. The summed E-state index contributed by atoms with van der Waals surface area (Å²) in [5, 5.41) is 12.4. The third-order valence-electron chi connectivity index (χ3n) is 6.21. The molecule has 1 saturated carbocycles. The molecule has 1 atom stereocenters. The Bertz CT molecular complexity index is 1150. The number of hydrogen-bond donors (Lipinski definition) is 0. The average Bonchev–Trinajstić information content (AvgIpc) is 3.59. The standard InChI is InChI=1S/C25H25N5O/c1-25(20-10-11-20,19-8-6-18(7-9-19)24-27-29-30(2)28-24)21-12-14-23(15-13-21)31-17-22-5-3-4-16-26-22/h3-9,12-16,20H,10-11,17H2,1-2H3. The van der Waals surface area contributed by atoms with Crippen LogP contribution in [0.25, 0.3) is 11.4 Å². The fourth-order valence-electron chi connectivity index (χ4n) is 4.20. The second-order valence-corrected chi connectivity index (χ2v) is 8.29. The molecule has 1 unspecified atom stereocenters. The summed E-state index contributed by atoms with van der Waals surface area (Å²) >= 11 is 0. The van der Waals surface area contributed by atoms with E-state index in [1.54, 1.807) is 13.2 Å². The largest absolute Gasteiger partial charge is 0.487 e. The minimum absolute atomic E-state index is 0.0339. The van der Waals surface area contributed by atoms with Gasteiger partial charge in [-0.25, -0.2) is 0 Å². The fourth-order valence-corrected chi connectivity index (χ4v) is 4.20. The van der Waals surface area contributed by atoms with Gasteiger partial charge in [-0.1, -0.05) is 49.4 Å². The molecule has 0 N–H and O–H groups in total. The highest BCUT2D eigenvalue weighted by molar-refractivity contribution is 5.56. The van der Waals surface area contributed by atoms with Crippen molar-refractivity contribution in [2.45, 2.75) is 31.8 Å². The van der Waals surface area contributed by atoms with Gasteiger partial charge >= 0.3 is 0 Å². The van der Waals surface area contributed by atoms with Crippen molar-refractivity contribution in [2.75, 3.05) is 0 Å². The Morgan fingerprint density at radius 2 is 1.68 bits per heavy atom. The number of pyridine rings is 1. The van der Waals surface area contributed by atoms with Crippen molar-refractivity contribution in [3.63, 3.8) is 0 Å². The maximum atomic E-state index is 5.92. The van der Waals surface area contributed by atoms with E-state index in [0.717, 1.165) is 17.0 Å². The zero-order chi connectivity index (χ0) is 21.3. The molecule has 2 aromatic heterocycles. The zero-order valence-corrected chi connectivity index (χ0v) is 17.8. The van der Waals surface area contributed by atoms with Gasteiger partial charge in [-0.3, -0.25) is 4.98 Å². The Morgan fingerprint density at radius 3 is 2.26 bits per heavy atom. The van der Waals surface area contributed by atoms with Crippen molar-refractivity contribution in [2.24, 2.45) is 13.0 Å². The minimum Gasteiger partial charge on any atom is -0.487 e. The van der Waals surface area contributed by atoms with E-state index < -0.39 is 0 Å². The van der Waals surface area contributed by atoms with Gasteiger partial charge in [0, 0.05) is 17.2 Å². The lowest BCUT2D eigenvalue weighted by molar-refractivity contribution is 0.301. The smallest absolute Gasteiger partial charge is 0.204 e. The SMILES string of the molecule is Cn1nnc(-c2ccc(C(C)(c3ccc(OCc4ccccn4)cc3)C3CC3)cc2)n1. The summed E-state index contributed by atoms with van der Waals surface area (Å²) < 4.78 is 5.92.